The van der Waals surface area contributed by atoms with Gasteiger partial charge in [0.1, 0.15) is 5.82 Å². The second-order valence-electron chi connectivity index (χ2n) is 6.24. The first-order valence-corrected chi connectivity index (χ1v) is 9.42. The van der Waals surface area contributed by atoms with Crippen molar-refractivity contribution in [3.05, 3.63) is 58.0 Å². The molecular weight excluding hydrogens is 339 g/mol. The lowest BCUT2D eigenvalue weighted by molar-refractivity contribution is -0.131. The normalized spacial score (nSPS) is 16.8. The van der Waals surface area contributed by atoms with Crippen molar-refractivity contribution >= 4 is 23.2 Å². The monoisotopic (exact) mass is 360 g/mol. The van der Waals surface area contributed by atoms with Crippen molar-refractivity contribution in [2.75, 3.05) is 13.1 Å². The SMILES string of the molecule is O=C(NCCC(=O)N1CCCC1Cc1cccc(F)c1)c1ccsc1. The smallest absolute Gasteiger partial charge is 0.252 e. The fourth-order valence-corrected chi connectivity index (χ4v) is 3.87. The number of hydrogen-bond acceptors (Lipinski definition) is 3. The minimum absolute atomic E-state index is 0.0459. The lowest BCUT2D eigenvalue weighted by atomic mass is 10.0. The van der Waals surface area contributed by atoms with E-state index in [4.69, 9.17) is 0 Å². The fraction of sp³-hybridized carbons (Fsp3) is 0.368. The maximum Gasteiger partial charge on any atom is 0.252 e. The van der Waals surface area contributed by atoms with Gasteiger partial charge in [-0.25, -0.2) is 4.39 Å². The van der Waals surface area contributed by atoms with Crippen LogP contribution < -0.4 is 5.32 Å². The molecule has 132 valence electrons. The van der Waals surface area contributed by atoms with Crippen LogP contribution in [-0.2, 0) is 11.2 Å². The van der Waals surface area contributed by atoms with Gasteiger partial charge in [-0.15, -0.1) is 0 Å². The molecule has 0 radical (unpaired) electrons. The Kier molecular flexibility index (Phi) is 5.81. The van der Waals surface area contributed by atoms with Gasteiger partial charge in [-0.05, 0) is 48.4 Å². The second kappa shape index (κ2) is 8.25. The number of nitrogens with zero attached hydrogens (tertiary/aromatic N) is 1. The van der Waals surface area contributed by atoms with Gasteiger partial charge >= 0.3 is 0 Å². The molecule has 1 saturated heterocycles. The third-order valence-electron chi connectivity index (χ3n) is 4.47. The first-order valence-electron chi connectivity index (χ1n) is 8.48. The van der Waals surface area contributed by atoms with Gasteiger partial charge in [0.25, 0.3) is 5.91 Å². The van der Waals surface area contributed by atoms with Crippen LogP contribution in [0.15, 0.2) is 41.1 Å². The summed E-state index contributed by atoms with van der Waals surface area (Å²) in [5.41, 5.74) is 1.54. The van der Waals surface area contributed by atoms with E-state index < -0.39 is 0 Å². The molecule has 0 aliphatic carbocycles. The van der Waals surface area contributed by atoms with Crippen LogP contribution in [0.25, 0.3) is 0 Å². The summed E-state index contributed by atoms with van der Waals surface area (Å²) in [4.78, 5) is 26.2. The number of halogens is 1. The highest BCUT2D eigenvalue weighted by atomic mass is 32.1. The molecule has 1 fully saturated rings. The molecule has 1 aliphatic heterocycles. The quantitative estimate of drug-likeness (QED) is 0.860. The summed E-state index contributed by atoms with van der Waals surface area (Å²) in [6.45, 7) is 1.06. The second-order valence-corrected chi connectivity index (χ2v) is 7.02. The van der Waals surface area contributed by atoms with Crippen molar-refractivity contribution in [3.63, 3.8) is 0 Å². The van der Waals surface area contributed by atoms with Crippen LogP contribution in [0, 0.1) is 5.82 Å². The molecule has 4 nitrogen and oxygen atoms in total. The summed E-state index contributed by atoms with van der Waals surface area (Å²) in [6, 6.07) is 8.43. The molecule has 25 heavy (non-hydrogen) atoms. The van der Waals surface area contributed by atoms with E-state index >= 15 is 0 Å². The van der Waals surface area contributed by atoms with Gasteiger partial charge in [-0.2, -0.15) is 11.3 Å². The van der Waals surface area contributed by atoms with E-state index in [1.165, 1.54) is 23.5 Å². The Balaban J connectivity index is 1.49. The van der Waals surface area contributed by atoms with Crippen molar-refractivity contribution in [2.45, 2.75) is 31.7 Å². The molecule has 2 aromatic rings. The minimum atomic E-state index is -0.246. The van der Waals surface area contributed by atoms with E-state index in [1.54, 1.807) is 17.5 Å². The maximum absolute atomic E-state index is 13.3. The highest BCUT2D eigenvalue weighted by Crippen LogP contribution is 2.22. The Hall–Kier alpha value is -2.21. The van der Waals surface area contributed by atoms with Gasteiger partial charge in [0, 0.05) is 36.5 Å². The number of likely N-dealkylation sites (tertiary alicyclic amines) is 1. The third kappa shape index (κ3) is 4.66. The van der Waals surface area contributed by atoms with Crippen LogP contribution in [0.4, 0.5) is 4.39 Å². The zero-order valence-electron chi connectivity index (χ0n) is 13.9. The minimum Gasteiger partial charge on any atom is -0.351 e. The maximum atomic E-state index is 13.3. The molecule has 1 aromatic heterocycles. The number of amides is 2. The van der Waals surface area contributed by atoms with E-state index in [2.05, 4.69) is 5.32 Å². The number of carbonyl (C=O) groups excluding carboxylic acids is 2. The van der Waals surface area contributed by atoms with Gasteiger partial charge in [0.15, 0.2) is 0 Å². The van der Waals surface area contributed by atoms with Crippen molar-refractivity contribution in [2.24, 2.45) is 0 Å². The molecule has 2 heterocycles. The van der Waals surface area contributed by atoms with E-state index in [0.717, 1.165) is 24.9 Å². The zero-order valence-corrected chi connectivity index (χ0v) is 14.7. The first-order chi connectivity index (χ1) is 12.1. The Labute approximate surface area is 150 Å². The van der Waals surface area contributed by atoms with E-state index in [1.807, 2.05) is 16.3 Å². The Morgan fingerprint density at radius 2 is 2.20 bits per heavy atom. The number of nitrogens with one attached hydrogen (secondary N) is 1. The lowest BCUT2D eigenvalue weighted by Crippen LogP contribution is -2.38. The molecule has 6 heteroatoms. The molecule has 0 bridgehead atoms. The van der Waals surface area contributed by atoms with Gasteiger partial charge in [-0.1, -0.05) is 12.1 Å². The van der Waals surface area contributed by atoms with Crippen LogP contribution >= 0.6 is 11.3 Å². The predicted octanol–water partition coefficient (Wildman–Crippen LogP) is 3.24. The molecule has 1 N–H and O–H groups in total. The van der Waals surface area contributed by atoms with Gasteiger partial charge in [0.2, 0.25) is 5.91 Å². The third-order valence-corrected chi connectivity index (χ3v) is 5.15. The van der Waals surface area contributed by atoms with E-state index in [0.29, 0.717) is 18.5 Å². The highest BCUT2D eigenvalue weighted by Gasteiger charge is 2.28. The summed E-state index contributed by atoms with van der Waals surface area (Å²) in [6.07, 6.45) is 2.86. The Morgan fingerprint density at radius 3 is 2.96 bits per heavy atom. The average Bonchev–Trinajstić information content (AvgIpc) is 3.26. The van der Waals surface area contributed by atoms with Crippen LogP contribution in [0.2, 0.25) is 0 Å². The van der Waals surface area contributed by atoms with Crippen LogP contribution in [0.5, 0.6) is 0 Å². The molecule has 1 aromatic carbocycles. The fourth-order valence-electron chi connectivity index (χ4n) is 3.23. The van der Waals surface area contributed by atoms with Gasteiger partial charge in [-0.3, -0.25) is 9.59 Å². The molecule has 1 unspecified atom stereocenters. The average molecular weight is 360 g/mol. The summed E-state index contributed by atoms with van der Waals surface area (Å²) < 4.78 is 13.3. The summed E-state index contributed by atoms with van der Waals surface area (Å²) >= 11 is 1.47. The van der Waals surface area contributed by atoms with Crippen molar-refractivity contribution in [3.8, 4) is 0 Å². The lowest BCUT2D eigenvalue weighted by Gasteiger charge is -2.25. The van der Waals surface area contributed by atoms with Gasteiger partial charge < -0.3 is 10.2 Å². The van der Waals surface area contributed by atoms with Crippen molar-refractivity contribution < 1.29 is 14.0 Å². The summed E-state index contributed by atoms with van der Waals surface area (Å²) in [5.74, 6) is -0.346. The van der Waals surface area contributed by atoms with E-state index in [9.17, 15) is 14.0 Å². The Morgan fingerprint density at radius 1 is 1.32 bits per heavy atom. The number of thiophene rings is 1. The topological polar surface area (TPSA) is 49.4 Å². The summed E-state index contributed by atoms with van der Waals surface area (Å²) in [7, 11) is 0. The summed E-state index contributed by atoms with van der Waals surface area (Å²) in [5, 5.41) is 6.41. The van der Waals surface area contributed by atoms with Gasteiger partial charge in [0.05, 0.1) is 0 Å². The first kappa shape index (κ1) is 17.6. The number of rotatable bonds is 6. The van der Waals surface area contributed by atoms with Crippen LogP contribution in [-0.4, -0.2) is 35.8 Å². The molecule has 1 aliphatic rings. The molecule has 2 amide bonds. The number of benzene rings is 1. The number of carbonyl (C=O) groups is 2. The zero-order chi connectivity index (χ0) is 17.6. The number of hydrogen-bond donors (Lipinski definition) is 1. The van der Waals surface area contributed by atoms with Crippen molar-refractivity contribution in [1.82, 2.24) is 10.2 Å². The molecule has 0 saturated carbocycles. The molecule has 0 spiro atoms. The molecular formula is C19H21FN2O2S. The molecule has 3 rings (SSSR count). The van der Waals surface area contributed by atoms with Crippen molar-refractivity contribution in [1.29, 1.82) is 0 Å². The highest BCUT2D eigenvalue weighted by molar-refractivity contribution is 7.08. The van der Waals surface area contributed by atoms with Crippen LogP contribution in [0.1, 0.15) is 35.2 Å². The van der Waals surface area contributed by atoms with Crippen LogP contribution in [0.3, 0.4) is 0 Å². The standard InChI is InChI=1S/C19H21FN2O2S/c20-16-4-1-3-14(11-16)12-17-5-2-9-22(17)18(23)6-8-21-19(24)15-7-10-25-13-15/h1,3-4,7,10-11,13,17H,2,5-6,8-9,12H2,(H,21,24). The van der Waals surface area contributed by atoms with E-state index in [-0.39, 0.29) is 30.1 Å². The Bertz CT molecular complexity index is 733. The molecule has 1 atom stereocenters. The largest absolute Gasteiger partial charge is 0.351 e. The predicted molar refractivity (Wildman–Crippen MR) is 96.1 cm³/mol.